The molecule has 1 aromatic carbocycles. The van der Waals surface area contributed by atoms with Gasteiger partial charge in [0.15, 0.2) is 4.90 Å². The maximum absolute atomic E-state index is 13.9. The number of aromatic nitrogens is 2. The molecule has 42 heavy (non-hydrogen) atoms. The van der Waals surface area contributed by atoms with Crippen molar-refractivity contribution in [2.24, 2.45) is 11.7 Å². The van der Waals surface area contributed by atoms with Crippen molar-refractivity contribution in [3.8, 4) is 5.75 Å². The highest BCUT2D eigenvalue weighted by Crippen LogP contribution is 2.36. The molecule has 4 rings (SSSR count). The van der Waals surface area contributed by atoms with E-state index >= 15 is 0 Å². The number of nitro groups is 1. The zero-order valence-electron chi connectivity index (χ0n) is 22.1. The highest BCUT2D eigenvalue weighted by atomic mass is 32.2. The van der Waals surface area contributed by atoms with Crippen molar-refractivity contribution in [1.29, 1.82) is 0 Å². The predicted octanol–water partition coefficient (Wildman–Crippen LogP) is 2.91. The molecule has 0 amide bonds. The lowest BCUT2D eigenvalue weighted by molar-refractivity contribution is -0.388. The van der Waals surface area contributed by atoms with Crippen LogP contribution in [-0.4, -0.2) is 58.7 Å². The number of carbonyl (C=O) groups is 1. The molecule has 3 aromatic rings. The summed E-state index contributed by atoms with van der Waals surface area (Å²) in [7, 11) is -3.98. The molecule has 226 valence electrons. The lowest BCUT2D eigenvalue weighted by atomic mass is 9.82. The van der Waals surface area contributed by atoms with E-state index in [0.29, 0.717) is 12.8 Å². The molecule has 0 spiro atoms. The molecule has 13 nitrogen and oxygen atoms in total. The van der Waals surface area contributed by atoms with E-state index in [1.54, 1.807) is 0 Å². The molecule has 1 atom stereocenters. The largest absolute Gasteiger partial charge is 0.495 e. The first-order chi connectivity index (χ1) is 19.7. The van der Waals surface area contributed by atoms with E-state index in [9.17, 15) is 41.3 Å². The smallest absolute Gasteiger partial charge is 0.492 e. The maximum atomic E-state index is 13.9. The van der Waals surface area contributed by atoms with Crippen molar-refractivity contribution < 1.29 is 40.9 Å². The van der Waals surface area contributed by atoms with Crippen LogP contribution < -0.4 is 16.0 Å². The van der Waals surface area contributed by atoms with E-state index < -0.39 is 61.7 Å². The average Bonchev–Trinajstić information content (AvgIpc) is 2.95. The molecule has 0 bridgehead atoms. The SMILES string of the molecule is COc1cnc2ccc(=O)n(CC(C3CCC(N)CC3)N(OC(=O)C(F)(F)F)S(=O)(=O)c3ccccc3[N+](=O)[O-])c2c1. The number of sulfonamides is 1. The number of fused-ring (bicyclic) bond motifs is 1. The number of rotatable bonds is 9. The van der Waals surface area contributed by atoms with E-state index in [2.05, 4.69) is 9.82 Å². The first kappa shape index (κ1) is 30.9. The van der Waals surface area contributed by atoms with Gasteiger partial charge in [-0.25, -0.2) is 13.2 Å². The molecule has 0 saturated heterocycles. The van der Waals surface area contributed by atoms with Crippen LogP contribution in [0.1, 0.15) is 25.7 Å². The van der Waals surface area contributed by atoms with Gasteiger partial charge in [0.2, 0.25) is 0 Å². The van der Waals surface area contributed by atoms with Crippen molar-refractivity contribution in [1.82, 2.24) is 14.0 Å². The number of nitrogens with zero attached hydrogens (tertiary/aromatic N) is 4. The van der Waals surface area contributed by atoms with Gasteiger partial charge >= 0.3 is 12.1 Å². The Labute approximate surface area is 236 Å². The number of methoxy groups -OCH3 is 1. The van der Waals surface area contributed by atoms with Gasteiger partial charge in [-0.1, -0.05) is 12.1 Å². The number of halogens is 3. The summed E-state index contributed by atoms with van der Waals surface area (Å²) < 4.78 is 74.3. The molecule has 2 heterocycles. The predicted molar refractivity (Wildman–Crippen MR) is 141 cm³/mol. The minimum atomic E-state index is -5.62. The molecule has 0 radical (unpaired) electrons. The third kappa shape index (κ3) is 6.37. The van der Waals surface area contributed by atoms with Crippen LogP contribution in [-0.2, 0) is 26.2 Å². The summed E-state index contributed by atoms with van der Waals surface area (Å²) in [5, 5.41) is 11.7. The number of benzene rings is 1. The summed E-state index contributed by atoms with van der Waals surface area (Å²) in [5.41, 5.74) is 4.82. The minimum Gasteiger partial charge on any atom is -0.495 e. The maximum Gasteiger partial charge on any atom is 0.492 e. The number of nitro benzene ring substituents is 1. The Morgan fingerprint density at radius 2 is 1.88 bits per heavy atom. The molecule has 1 aliphatic rings. The molecular formula is C25H26F3N5O8S. The minimum absolute atomic E-state index is 0.147. The van der Waals surface area contributed by atoms with Crippen molar-refractivity contribution >= 4 is 32.7 Å². The number of hydrogen-bond acceptors (Lipinski definition) is 10. The number of carbonyl (C=O) groups excluding carboxylic acids is 1. The number of alkyl halides is 3. The van der Waals surface area contributed by atoms with Crippen LogP contribution in [0.4, 0.5) is 18.9 Å². The quantitative estimate of drug-likeness (QED) is 0.279. The van der Waals surface area contributed by atoms with Crippen LogP contribution in [0.25, 0.3) is 11.0 Å². The van der Waals surface area contributed by atoms with E-state index in [0.717, 1.165) is 28.8 Å². The fourth-order valence-electron chi connectivity index (χ4n) is 4.90. The lowest BCUT2D eigenvalue weighted by Gasteiger charge is -2.37. The van der Waals surface area contributed by atoms with Gasteiger partial charge in [-0.3, -0.25) is 19.9 Å². The Morgan fingerprint density at radius 1 is 1.21 bits per heavy atom. The van der Waals surface area contributed by atoms with E-state index in [1.807, 2.05) is 0 Å². The number of nitrogens with two attached hydrogens (primary N) is 1. The molecule has 2 aromatic heterocycles. The fraction of sp³-hybridized carbons (Fsp3) is 0.400. The van der Waals surface area contributed by atoms with Crippen molar-refractivity contribution in [2.45, 2.75) is 55.4 Å². The van der Waals surface area contributed by atoms with Gasteiger partial charge in [-0.2, -0.15) is 13.2 Å². The van der Waals surface area contributed by atoms with Gasteiger partial charge in [0, 0.05) is 30.8 Å². The Morgan fingerprint density at radius 3 is 2.50 bits per heavy atom. The molecular weight excluding hydrogens is 587 g/mol. The standard InChI is InChI=1S/C25H26F3N5O8S/c1-40-17-12-20-18(30-13-17)10-11-23(34)31(20)14-21(15-6-8-16(29)9-7-15)33(41-24(35)25(26,27)28)42(38,39)22-5-3-2-4-19(22)32(36)37/h2-5,10-13,15-16,21H,6-9,14,29H2,1H3. The van der Waals surface area contributed by atoms with E-state index in [1.165, 1.54) is 31.5 Å². The Balaban J connectivity index is 1.95. The third-order valence-corrected chi connectivity index (χ3v) is 8.75. The molecule has 2 N–H and O–H groups in total. The number of hydroxylamine groups is 1. The highest BCUT2D eigenvalue weighted by Gasteiger charge is 2.49. The summed E-state index contributed by atoms with van der Waals surface area (Å²) in [5.74, 6) is -3.41. The second-order valence-corrected chi connectivity index (χ2v) is 11.4. The lowest BCUT2D eigenvalue weighted by Crippen LogP contribution is -2.51. The summed E-state index contributed by atoms with van der Waals surface area (Å²) in [6.45, 7) is -0.601. The van der Waals surface area contributed by atoms with E-state index in [4.69, 9.17) is 10.5 Å². The number of pyridine rings is 2. The molecule has 1 aliphatic carbocycles. The van der Waals surface area contributed by atoms with Gasteiger partial charge in [-0.05, 0) is 48.2 Å². The van der Waals surface area contributed by atoms with Crippen LogP contribution in [0, 0.1) is 16.0 Å². The zero-order chi connectivity index (χ0) is 30.8. The summed E-state index contributed by atoms with van der Waals surface area (Å²) in [6, 6.07) is 6.03. The summed E-state index contributed by atoms with van der Waals surface area (Å²) in [6.07, 6.45) is -3.16. The van der Waals surface area contributed by atoms with E-state index in [-0.39, 0.29) is 40.1 Å². The molecule has 1 saturated carbocycles. The van der Waals surface area contributed by atoms with Gasteiger partial charge in [0.1, 0.15) is 5.75 Å². The normalized spacial score (nSPS) is 18.5. The molecule has 0 aliphatic heterocycles. The van der Waals surface area contributed by atoms with Crippen molar-refractivity contribution in [3.05, 3.63) is 69.1 Å². The second kappa shape index (κ2) is 12.0. The van der Waals surface area contributed by atoms with Gasteiger partial charge in [0.05, 0.1) is 35.3 Å². The molecule has 17 heteroatoms. The molecule has 1 fully saturated rings. The number of ether oxygens (including phenoxy) is 1. The van der Waals surface area contributed by atoms with Crippen LogP contribution in [0.2, 0.25) is 0 Å². The van der Waals surface area contributed by atoms with Gasteiger partial charge in [-0.15, -0.1) is 0 Å². The number of para-hydroxylation sites is 1. The Kier molecular flexibility index (Phi) is 8.84. The van der Waals surface area contributed by atoms with Gasteiger partial charge in [0.25, 0.3) is 21.3 Å². The first-order valence-electron chi connectivity index (χ1n) is 12.6. The van der Waals surface area contributed by atoms with Crippen molar-refractivity contribution in [2.75, 3.05) is 7.11 Å². The topological polar surface area (TPSA) is 177 Å². The van der Waals surface area contributed by atoms with Crippen LogP contribution >= 0.6 is 0 Å². The summed E-state index contributed by atoms with van der Waals surface area (Å²) in [4.78, 5) is 43.6. The summed E-state index contributed by atoms with van der Waals surface area (Å²) >= 11 is 0. The second-order valence-electron chi connectivity index (χ2n) is 9.67. The third-order valence-electron chi connectivity index (χ3n) is 7.03. The molecule has 1 unspecified atom stereocenters. The van der Waals surface area contributed by atoms with Crippen LogP contribution in [0.5, 0.6) is 5.75 Å². The Bertz CT molecular complexity index is 1660. The first-order valence-corrected chi connectivity index (χ1v) is 14.0. The van der Waals surface area contributed by atoms with Gasteiger partial charge < -0.3 is 19.9 Å². The monoisotopic (exact) mass is 613 g/mol. The average molecular weight is 614 g/mol. The van der Waals surface area contributed by atoms with Crippen LogP contribution in [0.3, 0.4) is 0 Å². The Hall–Kier alpha value is -4.09. The highest BCUT2D eigenvalue weighted by molar-refractivity contribution is 7.89. The fourth-order valence-corrected chi connectivity index (χ4v) is 6.52. The van der Waals surface area contributed by atoms with Crippen LogP contribution in [0.15, 0.2) is 58.4 Å². The van der Waals surface area contributed by atoms with Crippen molar-refractivity contribution in [3.63, 3.8) is 0 Å². The zero-order valence-corrected chi connectivity index (χ0v) is 22.9. The number of hydrogen-bond donors (Lipinski definition) is 1.